The number of ether oxygens (including phenoxy) is 1. The summed E-state index contributed by atoms with van der Waals surface area (Å²) in [5.41, 5.74) is 0. The van der Waals surface area contributed by atoms with Crippen molar-refractivity contribution in [1.29, 1.82) is 0 Å². The van der Waals surface area contributed by atoms with Gasteiger partial charge in [0.25, 0.3) is 0 Å². The van der Waals surface area contributed by atoms with Crippen molar-refractivity contribution in [3.05, 3.63) is 0 Å². The molecular formula is C8H16O2. The predicted molar refractivity (Wildman–Crippen MR) is 40.9 cm³/mol. The van der Waals surface area contributed by atoms with Crippen LogP contribution in [0.2, 0.25) is 0 Å². The molecule has 0 aromatic carbocycles. The second kappa shape index (κ2) is 5.42. The SMILES string of the molecule is COCC(C)CC(C)C=O. The van der Waals surface area contributed by atoms with E-state index in [-0.39, 0.29) is 5.92 Å². The molecule has 0 bridgehead atoms. The molecule has 2 unspecified atom stereocenters. The summed E-state index contributed by atoms with van der Waals surface area (Å²) in [5, 5.41) is 0. The summed E-state index contributed by atoms with van der Waals surface area (Å²) < 4.78 is 4.93. The van der Waals surface area contributed by atoms with Gasteiger partial charge < -0.3 is 9.53 Å². The Hall–Kier alpha value is -0.370. The Bertz CT molecular complexity index is 91.3. The summed E-state index contributed by atoms with van der Waals surface area (Å²) in [6.45, 7) is 4.76. The molecule has 0 aliphatic rings. The van der Waals surface area contributed by atoms with Crippen LogP contribution < -0.4 is 0 Å². The van der Waals surface area contributed by atoms with Crippen LogP contribution >= 0.6 is 0 Å². The molecule has 0 fully saturated rings. The highest BCUT2D eigenvalue weighted by Crippen LogP contribution is 2.09. The maximum Gasteiger partial charge on any atom is 0.122 e. The minimum Gasteiger partial charge on any atom is -0.384 e. The smallest absolute Gasteiger partial charge is 0.122 e. The minimum absolute atomic E-state index is 0.171. The maximum absolute atomic E-state index is 10.2. The topological polar surface area (TPSA) is 26.3 Å². The summed E-state index contributed by atoms with van der Waals surface area (Å²) in [5.74, 6) is 0.662. The fourth-order valence-corrected chi connectivity index (χ4v) is 1.04. The molecule has 0 aliphatic carbocycles. The summed E-state index contributed by atoms with van der Waals surface area (Å²) in [4.78, 5) is 10.2. The molecule has 2 heteroatoms. The van der Waals surface area contributed by atoms with E-state index in [4.69, 9.17) is 4.74 Å². The van der Waals surface area contributed by atoms with Gasteiger partial charge in [0.2, 0.25) is 0 Å². The molecule has 10 heavy (non-hydrogen) atoms. The molecule has 0 aliphatic heterocycles. The lowest BCUT2D eigenvalue weighted by atomic mass is 9.99. The highest BCUT2D eigenvalue weighted by molar-refractivity contribution is 5.52. The lowest BCUT2D eigenvalue weighted by molar-refractivity contribution is -0.111. The number of methoxy groups -OCH3 is 1. The van der Waals surface area contributed by atoms with E-state index in [0.29, 0.717) is 5.92 Å². The summed E-state index contributed by atoms with van der Waals surface area (Å²) in [7, 11) is 1.68. The van der Waals surface area contributed by atoms with Gasteiger partial charge >= 0.3 is 0 Å². The highest BCUT2D eigenvalue weighted by atomic mass is 16.5. The Labute approximate surface area is 62.6 Å². The summed E-state index contributed by atoms with van der Waals surface area (Å²) in [6.07, 6.45) is 1.92. The van der Waals surface area contributed by atoms with E-state index >= 15 is 0 Å². The first-order valence-corrected chi connectivity index (χ1v) is 3.65. The van der Waals surface area contributed by atoms with Crippen LogP contribution in [0.25, 0.3) is 0 Å². The van der Waals surface area contributed by atoms with Crippen LogP contribution in [-0.4, -0.2) is 20.0 Å². The quantitative estimate of drug-likeness (QED) is 0.546. The number of hydrogen-bond donors (Lipinski definition) is 0. The molecule has 0 aromatic rings. The zero-order valence-electron chi connectivity index (χ0n) is 6.96. The van der Waals surface area contributed by atoms with Crippen molar-refractivity contribution in [1.82, 2.24) is 0 Å². The second-order valence-electron chi connectivity index (χ2n) is 2.91. The largest absolute Gasteiger partial charge is 0.384 e. The zero-order chi connectivity index (χ0) is 7.98. The fraction of sp³-hybridized carbons (Fsp3) is 0.875. The van der Waals surface area contributed by atoms with Crippen molar-refractivity contribution in [3.63, 3.8) is 0 Å². The van der Waals surface area contributed by atoms with E-state index in [1.165, 1.54) is 0 Å². The molecular weight excluding hydrogens is 128 g/mol. The molecule has 0 saturated heterocycles. The van der Waals surface area contributed by atoms with Gasteiger partial charge in [0.05, 0.1) is 0 Å². The Morgan fingerprint density at radius 1 is 1.50 bits per heavy atom. The normalized spacial score (nSPS) is 16.3. The van der Waals surface area contributed by atoms with E-state index in [0.717, 1.165) is 19.3 Å². The van der Waals surface area contributed by atoms with Gasteiger partial charge in [-0.25, -0.2) is 0 Å². The Balaban J connectivity index is 3.36. The molecule has 0 saturated carbocycles. The first-order chi connectivity index (χ1) is 4.70. The van der Waals surface area contributed by atoms with Crippen LogP contribution in [0.3, 0.4) is 0 Å². The summed E-state index contributed by atoms with van der Waals surface area (Å²) in [6, 6.07) is 0. The lowest BCUT2D eigenvalue weighted by Gasteiger charge is -2.10. The molecule has 0 heterocycles. The molecule has 2 nitrogen and oxygen atoms in total. The van der Waals surface area contributed by atoms with Crippen LogP contribution in [0.1, 0.15) is 20.3 Å². The number of carbonyl (C=O) groups excluding carboxylic acids is 1. The Morgan fingerprint density at radius 3 is 2.50 bits per heavy atom. The number of hydrogen-bond acceptors (Lipinski definition) is 2. The molecule has 2 atom stereocenters. The van der Waals surface area contributed by atoms with Crippen LogP contribution in [0.15, 0.2) is 0 Å². The van der Waals surface area contributed by atoms with Crippen LogP contribution in [0.5, 0.6) is 0 Å². The minimum atomic E-state index is 0.171. The molecule has 0 amide bonds. The monoisotopic (exact) mass is 144 g/mol. The highest BCUT2D eigenvalue weighted by Gasteiger charge is 2.06. The molecule has 0 spiro atoms. The third-order valence-corrected chi connectivity index (χ3v) is 1.46. The average molecular weight is 144 g/mol. The average Bonchev–Trinajstić information content (AvgIpc) is 1.88. The first kappa shape index (κ1) is 9.63. The van der Waals surface area contributed by atoms with Crippen molar-refractivity contribution >= 4 is 6.29 Å². The van der Waals surface area contributed by atoms with E-state index in [9.17, 15) is 4.79 Å². The van der Waals surface area contributed by atoms with E-state index in [1.807, 2.05) is 6.92 Å². The molecule has 0 radical (unpaired) electrons. The Kier molecular flexibility index (Phi) is 5.22. The van der Waals surface area contributed by atoms with Gasteiger partial charge in [-0.2, -0.15) is 0 Å². The van der Waals surface area contributed by atoms with Crippen molar-refractivity contribution in [2.45, 2.75) is 20.3 Å². The third-order valence-electron chi connectivity index (χ3n) is 1.46. The van der Waals surface area contributed by atoms with E-state index in [1.54, 1.807) is 7.11 Å². The van der Waals surface area contributed by atoms with Gasteiger partial charge in [-0.05, 0) is 12.3 Å². The second-order valence-corrected chi connectivity index (χ2v) is 2.91. The maximum atomic E-state index is 10.2. The predicted octanol–water partition coefficient (Wildman–Crippen LogP) is 1.49. The fourth-order valence-electron chi connectivity index (χ4n) is 1.04. The van der Waals surface area contributed by atoms with Crippen molar-refractivity contribution in [2.24, 2.45) is 11.8 Å². The first-order valence-electron chi connectivity index (χ1n) is 3.65. The molecule has 0 rings (SSSR count). The van der Waals surface area contributed by atoms with Crippen molar-refractivity contribution in [2.75, 3.05) is 13.7 Å². The van der Waals surface area contributed by atoms with Gasteiger partial charge in [0, 0.05) is 19.6 Å². The van der Waals surface area contributed by atoms with Crippen LogP contribution in [0.4, 0.5) is 0 Å². The van der Waals surface area contributed by atoms with Gasteiger partial charge in [-0.3, -0.25) is 0 Å². The van der Waals surface area contributed by atoms with Crippen molar-refractivity contribution < 1.29 is 9.53 Å². The molecule has 0 aromatic heterocycles. The molecule has 60 valence electrons. The van der Waals surface area contributed by atoms with Gasteiger partial charge in [0.1, 0.15) is 6.29 Å². The van der Waals surface area contributed by atoms with Crippen LogP contribution in [-0.2, 0) is 9.53 Å². The molecule has 0 N–H and O–H groups in total. The number of rotatable bonds is 5. The van der Waals surface area contributed by atoms with Gasteiger partial charge in [0.15, 0.2) is 0 Å². The number of aldehydes is 1. The Morgan fingerprint density at radius 2 is 2.10 bits per heavy atom. The summed E-state index contributed by atoms with van der Waals surface area (Å²) >= 11 is 0. The third kappa shape index (κ3) is 4.50. The zero-order valence-corrected chi connectivity index (χ0v) is 6.96. The van der Waals surface area contributed by atoms with Gasteiger partial charge in [-0.1, -0.05) is 13.8 Å². The van der Waals surface area contributed by atoms with E-state index in [2.05, 4.69) is 6.92 Å². The number of carbonyl (C=O) groups is 1. The van der Waals surface area contributed by atoms with Crippen molar-refractivity contribution in [3.8, 4) is 0 Å². The van der Waals surface area contributed by atoms with Gasteiger partial charge in [-0.15, -0.1) is 0 Å². The van der Waals surface area contributed by atoms with E-state index < -0.39 is 0 Å². The standard InChI is InChI=1S/C8H16O2/c1-7(5-9)4-8(2)6-10-3/h5,7-8H,4,6H2,1-3H3. The van der Waals surface area contributed by atoms with Crippen LogP contribution in [0, 0.1) is 11.8 Å². The lowest BCUT2D eigenvalue weighted by Crippen LogP contribution is -2.09.